The first kappa shape index (κ1) is 23.7. The fourth-order valence-corrected chi connectivity index (χ4v) is 4.35. The summed E-state index contributed by atoms with van der Waals surface area (Å²) in [6.07, 6.45) is 4.40. The van der Waals surface area contributed by atoms with Gasteiger partial charge in [-0.2, -0.15) is 0 Å². The highest BCUT2D eigenvalue weighted by Gasteiger charge is 2.16. The first-order chi connectivity index (χ1) is 16.6. The lowest BCUT2D eigenvalue weighted by molar-refractivity contribution is -0.139. The first-order valence-electron chi connectivity index (χ1n) is 12.0. The van der Waals surface area contributed by atoms with Crippen molar-refractivity contribution >= 4 is 33.7 Å². The predicted octanol–water partition coefficient (Wildman–Crippen LogP) is 4.40. The third-order valence-corrected chi connectivity index (χ3v) is 6.08. The molecular weight excluding hydrogens is 426 g/mol. The number of aromatic nitrogens is 3. The van der Waals surface area contributed by atoms with Gasteiger partial charge in [0.15, 0.2) is 5.82 Å². The number of carbonyl (C=O) groups excluding carboxylic acids is 1. The normalized spacial score (nSPS) is 11.4. The minimum absolute atomic E-state index is 0.222. The van der Waals surface area contributed by atoms with Gasteiger partial charge in [-0.25, -0.2) is 9.97 Å². The van der Waals surface area contributed by atoms with Crippen LogP contribution >= 0.6 is 0 Å². The maximum atomic E-state index is 11.5. The number of fused-ring (bicyclic) bond motifs is 3. The maximum absolute atomic E-state index is 11.5. The van der Waals surface area contributed by atoms with Gasteiger partial charge in [-0.3, -0.25) is 4.79 Å². The number of aryl methyl sites for hydroxylation is 2. The van der Waals surface area contributed by atoms with Crippen molar-refractivity contribution in [2.24, 2.45) is 0 Å². The number of pyridine rings is 1. The van der Waals surface area contributed by atoms with E-state index in [0.29, 0.717) is 12.2 Å². The summed E-state index contributed by atoms with van der Waals surface area (Å²) in [5.41, 5.74) is 11.2. The van der Waals surface area contributed by atoms with E-state index in [9.17, 15) is 4.79 Å². The second kappa shape index (κ2) is 11.1. The molecular formula is C27H33N5O2. The van der Waals surface area contributed by atoms with Crippen molar-refractivity contribution < 1.29 is 9.53 Å². The Morgan fingerprint density at radius 2 is 1.91 bits per heavy atom. The highest BCUT2D eigenvalue weighted by Crippen LogP contribution is 2.29. The number of unbranched alkanes of at least 4 members (excludes halogenated alkanes) is 1. The number of para-hydroxylation sites is 1. The summed E-state index contributed by atoms with van der Waals surface area (Å²) in [5, 5.41) is 4.63. The van der Waals surface area contributed by atoms with Gasteiger partial charge in [-0.05, 0) is 36.6 Å². The Kier molecular flexibility index (Phi) is 7.75. The van der Waals surface area contributed by atoms with Crippen LogP contribution in [0.2, 0.25) is 0 Å². The number of imidazole rings is 1. The fraction of sp³-hybridized carbons (Fsp3) is 0.370. The molecule has 34 heavy (non-hydrogen) atoms. The van der Waals surface area contributed by atoms with E-state index in [2.05, 4.69) is 40.0 Å². The van der Waals surface area contributed by atoms with Crippen molar-refractivity contribution in [1.29, 1.82) is 0 Å². The van der Waals surface area contributed by atoms with E-state index >= 15 is 0 Å². The van der Waals surface area contributed by atoms with E-state index in [0.717, 1.165) is 84.2 Å². The van der Waals surface area contributed by atoms with Crippen LogP contribution in [0.5, 0.6) is 0 Å². The van der Waals surface area contributed by atoms with E-state index in [-0.39, 0.29) is 5.97 Å². The number of esters is 1. The highest BCUT2D eigenvalue weighted by atomic mass is 16.5. The van der Waals surface area contributed by atoms with Crippen LogP contribution in [0.1, 0.15) is 43.1 Å². The summed E-state index contributed by atoms with van der Waals surface area (Å²) >= 11 is 0. The molecule has 0 bridgehead atoms. The second-order valence-electron chi connectivity index (χ2n) is 8.60. The van der Waals surface area contributed by atoms with E-state index in [1.165, 1.54) is 7.11 Å². The molecule has 0 saturated heterocycles. The minimum Gasteiger partial charge on any atom is -0.469 e. The Labute approximate surface area is 200 Å². The number of nitrogens with zero attached hydrogens (tertiary/aromatic N) is 3. The van der Waals surface area contributed by atoms with Crippen LogP contribution < -0.4 is 11.1 Å². The second-order valence-corrected chi connectivity index (χ2v) is 8.60. The zero-order chi connectivity index (χ0) is 23.9. The molecule has 3 N–H and O–H groups in total. The number of rotatable bonds is 11. The molecule has 0 aliphatic rings. The van der Waals surface area contributed by atoms with Gasteiger partial charge in [0.25, 0.3) is 0 Å². The summed E-state index contributed by atoms with van der Waals surface area (Å²) in [6.45, 7) is 4.68. The van der Waals surface area contributed by atoms with Crippen LogP contribution in [0.4, 0.5) is 5.82 Å². The first-order valence-corrected chi connectivity index (χ1v) is 12.0. The zero-order valence-electron chi connectivity index (χ0n) is 20.0. The molecule has 4 aromatic rings. The van der Waals surface area contributed by atoms with Crippen LogP contribution in [-0.4, -0.2) is 34.2 Å². The molecule has 7 nitrogen and oxygen atoms in total. The van der Waals surface area contributed by atoms with E-state index in [1.54, 1.807) is 0 Å². The van der Waals surface area contributed by atoms with Crippen molar-refractivity contribution in [3.8, 4) is 0 Å². The molecule has 0 unspecified atom stereocenters. The Morgan fingerprint density at radius 1 is 1.09 bits per heavy atom. The Balaban J connectivity index is 1.46. The SMILES string of the molecule is CCCCc1nc2c(N)nc3ccccc3c2n1CCCNCc1cccc(CC(=O)OC)c1. The van der Waals surface area contributed by atoms with Gasteiger partial charge in [0, 0.05) is 24.9 Å². The van der Waals surface area contributed by atoms with E-state index in [4.69, 9.17) is 15.5 Å². The number of nitrogens with two attached hydrogens (primary N) is 1. The third kappa shape index (κ3) is 5.37. The molecule has 0 saturated carbocycles. The van der Waals surface area contributed by atoms with Crippen molar-refractivity contribution in [3.05, 3.63) is 65.5 Å². The zero-order valence-corrected chi connectivity index (χ0v) is 20.0. The monoisotopic (exact) mass is 459 g/mol. The standard InChI is InChI=1S/C27H33N5O2/c1-3-4-13-23-31-25-26(21-11-5-6-12-22(21)30-27(25)28)32(23)15-8-14-29-18-20-10-7-9-19(16-20)17-24(33)34-2/h5-7,9-12,16,29H,3-4,8,13-15,17-18H2,1-2H3,(H2,28,30). The maximum Gasteiger partial charge on any atom is 0.309 e. The van der Waals surface area contributed by atoms with Crippen molar-refractivity contribution in [1.82, 2.24) is 19.9 Å². The molecule has 0 radical (unpaired) electrons. The minimum atomic E-state index is -0.222. The van der Waals surface area contributed by atoms with Crippen LogP contribution in [-0.2, 0) is 35.5 Å². The summed E-state index contributed by atoms with van der Waals surface area (Å²) in [5.74, 6) is 1.35. The fourth-order valence-electron chi connectivity index (χ4n) is 4.35. The van der Waals surface area contributed by atoms with E-state index < -0.39 is 0 Å². The molecule has 178 valence electrons. The molecule has 0 spiro atoms. The molecule has 0 aliphatic heterocycles. The number of hydrogen-bond acceptors (Lipinski definition) is 6. The number of ether oxygens (including phenoxy) is 1. The largest absolute Gasteiger partial charge is 0.469 e. The van der Waals surface area contributed by atoms with Gasteiger partial charge in [0.2, 0.25) is 0 Å². The number of nitrogens with one attached hydrogen (secondary N) is 1. The Bertz CT molecular complexity index is 1280. The van der Waals surface area contributed by atoms with Crippen molar-refractivity contribution in [2.75, 3.05) is 19.4 Å². The Hall–Kier alpha value is -3.45. The summed E-state index contributed by atoms with van der Waals surface area (Å²) in [6, 6.07) is 16.2. The molecule has 0 fully saturated rings. The topological polar surface area (TPSA) is 95.1 Å². The van der Waals surface area contributed by atoms with Gasteiger partial charge >= 0.3 is 5.97 Å². The van der Waals surface area contributed by atoms with Crippen LogP contribution in [0.25, 0.3) is 21.9 Å². The summed E-state index contributed by atoms with van der Waals surface area (Å²) < 4.78 is 7.10. The molecule has 0 atom stereocenters. The average Bonchev–Trinajstić information content (AvgIpc) is 3.22. The Morgan fingerprint density at radius 3 is 2.74 bits per heavy atom. The number of benzene rings is 2. The van der Waals surface area contributed by atoms with Crippen LogP contribution in [0.15, 0.2) is 48.5 Å². The van der Waals surface area contributed by atoms with Crippen LogP contribution in [0, 0.1) is 0 Å². The molecule has 7 heteroatoms. The molecule has 2 aromatic carbocycles. The van der Waals surface area contributed by atoms with Gasteiger partial charge in [0.05, 0.1) is 24.6 Å². The number of anilines is 1. The van der Waals surface area contributed by atoms with Gasteiger partial charge in [-0.15, -0.1) is 0 Å². The summed E-state index contributed by atoms with van der Waals surface area (Å²) in [4.78, 5) is 21.0. The van der Waals surface area contributed by atoms with E-state index in [1.807, 2.05) is 30.3 Å². The summed E-state index contributed by atoms with van der Waals surface area (Å²) in [7, 11) is 1.42. The molecule has 2 aromatic heterocycles. The number of nitrogen functional groups attached to an aromatic ring is 1. The molecule has 4 rings (SSSR count). The molecule has 0 amide bonds. The number of hydrogen-bond donors (Lipinski definition) is 2. The quantitative estimate of drug-likeness (QED) is 0.255. The van der Waals surface area contributed by atoms with Gasteiger partial charge in [-0.1, -0.05) is 55.8 Å². The average molecular weight is 460 g/mol. The highest BCUT2D eigenvalue weighted by molar-refractivity contribution is 6.06. The predicted molar refractivity (Wildman–Crippen MR) is 137 cm³/mol. The molecule has 2 heterocycles. The number of carbonyl (C=O) groups is 1. The van der Waals surface area contributed by atoms with Crippen molar-refractivity contribution in [2.45, 2.75) is 52.1 Å². The third-order valence-electron chi connectivity index (χ3n) is 6.08. The van der Waals surface area contributed by atoms with Gasteiger partial charge < -0.3 is 20.4 Å². The lowest BCUT2D eigenvalue weighted by atomic mass is 10.1. The van der Waals surface area contributed by atoms with Crippen LogP contribution in [0.3, 0.4) is 0 Å². The lowest BCUT2D eigenvalue weighted by Crippen LogP contribution is -2.17. The lowest BCUT2D eigenvalue weighted by Gasteiger charge is -2.12. The smallest absolute Gasteiger partial charge is 0.309 e. The van der Waals surface area contributed by atoms with Gasteiger partial charge in [0.1, 0.15) is 11.3 Å². The number of methoxy groups -OCH3 is 1. The molecule has 0 aliphatic carbocycles. The van der Waals surface area contributed by atoms with Crippen molar-refractivity contribution in [3.63, 3.8) is 0 Å².